The highest BCUT2D eigenvalue weighted by atomic mass is 127. The second-order valence-corrected chi connectivity index (χ2v) is 7.29. The fraction of sp³-hybridized carbons (Fsp3) is 0.333. The average molecular weight is 630 g/mol. The van der Waals surface area contributed by atoms with Crippen LogP contribution in [0.15, 0.2) is 0 Å². The van der Waals surface area contributed by atoms with Gasteiger partial charge in [0.25, 0.3) is 0 Å². The number of aliphatic hydroxyl groups is 1. The monoisotopic (exact) mass is 630 g/mol. The lowest BCUT2D eigenvalue weighted by Crippen LogP contribution is -2.22. The van der Waals surface area contributed by atoms with Crippen molar-refractivity contribution in [3.63, 3.8) is 0 Å². The molecule has 6 nitrogen and oxygen atoms in total. The second kappa shape index (κ2) is 8.79. The van der Waals surface area contributed by atoms with Crippen LogP contribution in [0.3, 0.4) is 0 Å². The van der Waals surface area contributed by atoms with E-state index in [0.717, 1.165) is 9.13 Å². The molecule has 1 amide bonds. The summed E-state index contributed by atoms with van der Waals surface area (Å²) >= 11 is 6.04. The molecule has 116 valence electrons. The number of carbonyl (C=O) groups excluding carboxylic acids is 1. The number of amides is 1. The number of nitrogens with one attached hydrogen (secondary N) is 2. The molecular formula is C12H13I3N2O4. The number of anilines is 1. The molecule has 0 heterocycles. The average Bonchev–Trinajstić information content (AvgIpc) is 2.38. The first-order chi connectivity index (χ1) is 9.81. The molecule has 9 heteroatoms. The maximum atomic E-state index is 11.5. The van der Waals surface area contributed by atoms with Gasteiger partial charge in [0.1, 0.15) is 0 Å². The maximum absolute atomic E-state index is 11.5. The largest absolute Gasteiger partial charge is 0.478 e. The van der Waals surface area contributed by atoms with Crippen LogP contribution in [0.4, 0.5) is 5.69 Å². The number of aromatic carboxylic acids is 1. The molecule has 0 aliphatic heterocycles. The van der Waals surface area contributed by atoms with Gasteiger partial charge in [-0.3, -0.25) is 4.79 Å². The van der Waals surface area contributed by atoms with Crippen molar-refractivity contribution < 1.29 is 19.8 Å². The Morgan fingerprint density at radius 3 is 2.24 bits per heavy atom. The predicted molar refractivity (Wildman–Crippen MR) is 105 cm³/mol. The number of hydrogen-bond acceptors (Lipinski definition) is 4. The number of carboxylic acids is 1. The van der Waals surface area contributed by atoms with E-state index in [1.807, 2.05) is 45.2 Å². The highest BCUT2D eigenvalue weighted by Gasteiger charge is 2.24. The third kappa shape index (κ3) is 4.87. The molecule has 0 aliphatic carbocycles. The van der Waals surface area contributed by atoms with Crippen LogP contribution in [-0.4, -0.2) is 35.2 Å². The van der Waals surface area contributed by atoms with E-state index in [1.165, 1.54) is 6.92 Å². The van der Waals surface area contributed by atoms with E-state index in [9.17, 15) is 14.7 Å². The summed E-state index contributed by atoms with van der Waals surface area (Å²) in [5.74, 6) is -1.28. The van der Waals surface area contributed by atoms with Gasteiger partial charge in [0, 0.05) is 27.2 Å². The summed E-state index contributed by atoms with van der Waals surface area (Å²) in [6.45, 7) is 2.22. The SMILES string of the molecule is CC(=O)Nc1c(I)c(CNCCO)c(I)c(C(=O)O)c1I. The minimum absolute atomic E-state index is 0.00185. The standard InChI is InChI=1S/C12H13I3N2O4/c1-5(19)17-11-9(14)6(4-16-2-3-18)8(13)7(10(11)15)12(20)21/h16,18H,2-4H2,1H3,(H,17,19)(H,20,21). The molecule has 0 aliphatic rings. The van der Waals surface area contributed by atoms with Gasteiger partial charge in [0.15, 0.2) is 0 Å². The number of hydrogen-bond donors (Lipinski definition) is 4. The molecule has 0 spiro atoms. The first kappa shape index (κ1) is 19.3. The molecule has 1 rings (SSSR count). The molecule has 0 fully saturated rings. The van der Waals surface area contributed by atoms with Crippen LogP contribution in [0.5, 0.6) is 0 Å². The molecule has 0 bridgehead atoms. The lowest BCUT2D eigenvalue weighted by molar-refractivity contribution is -0.114. The Labute approximate surface area is 162 Å². The Bertz CT molecular complexity index is 578. The fourth-order valence-electron chi connectivity index (χ4n) is 1.64. The van der Waals surface area contributed by atoms with Gasteiger partial charge in [0.05, 0.1) is 21.4 Å². The summed E-state index contributed by atoms with van der Waals surface area (Å²) < 4.78 is 1.94. The molecule has 21 heavy (non-hydrogen) atoms. The van der Waals surface area contributed by atoms with E-state index in [0.29, 0.717) is 25.9 Å². The first-order valence-electron chi connectivity index (χ1n) is 5.83. The highest BCUT2D eigenvalue weighted by Crippen LogP contribution is 2.35. The molecule has 0 radical (unpaired) electrons. The molecular weight excluding hydrogens is 617 g/mol. The van der Waals surface area contributed by atoms with Crippen molar-refractivity contribution >= 4 is 85.3 Å². The Kier molecular flexibility index (Phi) is 8.08. The van der Waals surface area contributed by atoms with Crippen LogP contribution in [-0.2, 0) is 11.3 Å². The number of halogens is 3. The van der Waals surface area contributed by atoms with Crippen LogP contribution in [0.2, 0.25) is 0 Å². The van der Waals surface area contributed by atoms with Gasteiger partial charge in [-0.1, -0.05) is 0 Å². The van der Waals surface area contributed by atoms with E-state index < -0.39 is 5.97 Å². The molecule has 0 saturated heterocycles. The quantitative estimate of drug-likeness (QED) is 0.286. The Morgan fingerprint density at radius 1 is 1.14 bits per heavy atom. The van der Waals surface area contributed by atoms with Crippen LogP contribution >= 0.6 is 67.8 Å². The topological polar surface area (TPSA) is 98.7 Å². The van der Waals surface area contributed by atoms with Crippen LogP contribution in [0.25, 0.3) is 0 Å². The number of benzene rings is 1. The minimum Gasteiger partial charge on any atom is -0.478 e. The second-order valence-electron chi connectivity index (χ2n) is 4.06. The van der Waals surface area contributed by atoms with Gasteiger partial charge in [0.2, 0.25) is 5.91 Å². The van der Waals surface area contributed by atoms with Gasteiger partial charge in [-0.2, -0.15) is 0 Å². The third-order valence-electron chi connectivity index (χ3n) is 2.51. The molecule has 0 unspecified atom stereocenters. The smallest absolute Gasteiger partial charge is 0.337 e. The van der Waals surface area contributed by atoms with Gasteiger partial charge in [-0.25, -0.2) is 4.79 Å². The minimum atomic E-state index is -1.03. The number of carboxylic acid groups (broad SMARTS) is 1. The lowest BCUT2D eigenvalue weighted by atomic mass is 10.1. The summed E-state index contributed by atoms with van der Waals surface area (Å²) in [5, 5.41) is 24.0. The van der Waals surface area contributed by atoms with E-state index in [2.05, 4.69) is 33.2 Å². The number of carbonyl (C=O) groups is 2. The van der Waals surface area contributed by atoms with Gasteiger partial charge in [-0.15, -0.1) is 0 Å². The number of aliphatic hydroxyl groups excluding tert-OH is 1. The summed E-state index contributed by atoms with van der Waals surface area (Å²) in [4.78, 5) is 22.8. The zero-order chi connectivity index (χ0) is 16.2. The van der Waals surface area contributed by atoms with Gasteiger partial charge < -0.3 is 20.8 Å². The Hall–Kier alpha value is 0.270. The summed E-state index contributed by atoms with van der Waals surface area (Å²) in [5.41, 5.74) is 1.50. The van der Waals surface area contributed by atoms with Crippen molar-refractivity contribution in [1.82, 2.24) is 5.32 Å². The zero-order valence-corrected chi connectivity index (χ0v) is 17.4. The van der Waals surface area contributed by atoms with Crippen molar-refractivity contribution in [2.45, 2.75) is 13.5 Å². The normalized spacial score (nSPS) is 10.5. The third-order valence-corrected chi connectivity index (χ3v) is 5.97. The molecule has 0 atom stereocenters. The summed E-state index contributed by atoms with van der Waals surface area (Å²) in [6.07, 6.45) is 0. The summed E-state index contributed by atoms with van der Waals surface area (Å²) in [7, 11) is 0. The molecule has 0 aromatic heterocycles. The van der Waals surface area contributed by atoms with Crippen LogP contribution in [0.1, 0.15) is 22.8 Å². The van der Waals surface area contributed by atoms with Crippen LogP contribution < -0.4 is 10.6 Å². The lowest BCUT2D eigenvalue weighted by Gasteiger charge is -2.18. The Balaban J connectivity index is 3.44. The zero-order valence-electron chi connectivity index (χ0n) is 11.0. The molecule has 4 N–H and O–H groups in total. The Morgan fingerprint density at radius 2 is 1.76 bits per heavy atom. The fourth-order valence-corrected chi connectivity index (χ4v) is 5.92. The van der Waals surface area contributed by atoms with Crippen molar-refractivity contribution in [2.75, 3.05) is 18.5 Å². The van der Waals surface area contributed by atoms with Crippen molar-refractivity contribution in [3.05, 3.63) is 21.8 Å². The van der Waals surface area contributed by atoms with E-state index in [1.54, 1.807) is 0 Å². The van der Waals surface area contributed by atoms with Gasteiger partial charge in [-0.05, 0) is 73.3 Å². The molecule has 1 aromatic carbocycles. The van der Waals surface area contributed by atoms with E-state index >= 15 is 0 Å². The molecule has 0 saturated carbocycles. The van der Waals surface area contributed by atoms with Crippen LogP contribution in [0, 0.1) is 10.7 Å². The number of rotatable bonds is 6. The van der Waals surface area contributed by atoms with Crippen molar-refractivity contribution in [2.24, 2.45) is 0 Å². The highest BCUT2D eigenvalue weighted by molar-refractivity contribution is 14.1. The van der Waals surface area contributed by atoms with E-state index in [-0.39, 0.29) is 18.1 Å². The predicted octanol–water partition coefficient (Wildman–Crippen LogP) is 2.24. The van der Waals surface area contributed by atoms with Crippen molar-refractivity contribution in [3.8, 4) is 0 Å². The summed E-state index contributed by atoms with van der Waals surface area (Å²) in [6, 6.07) is 0. The van der Waals surface area contributed by atoms with E-state index in [4.69, 9.17) is 5.11 Å². The first-order valence-corrected chi connectivity index (χ1v) is 9.06. The maximum Gasteiger partial charge on any atom is 0.337 e. The molecule has 1 aromatic rings. The van der Waals surface area contributed by atoms with Gasteiger partial charge >= 0.3 is 5.97 Å². The van der Waals surface area contributed by atoms with Crippen molar-refractivity contribution in [1.29, 1.82) is 0 Å².